The number of anilines is 2. The number of benzene rings is 1. The van der Waals surface area contributed by atoms with Gasteiger partial charge in [0.05, 0.1) is 30.5 Å². The third-order valence-electron chi connectivity index (χ3n) is 5.63. The lowest BCUT2D eigenvalue weighted by Gasteiger charge is -2.29. The molecule has 0 unspecified atom stereocenters. The number of nitrogens with one attached hydrogen (secondary N) is 1. The van der Waals surface area contributed by atoms with Gasteiger partial charge in [-0.3, -0.25) is 4.79 Å². The number of carbonyl (C=O) groups is 1. The van der Waals surface area contributed by atoms with Crippen LogP contribution in [-0.2, 0) is 14.9 Å². The molecule has 5 nitrogen and oxygen atoms in total. The summed E-state index contributed by atoms with van der Waals surface area (Å²) in [7, 11) is 0. The quantitative estimate of drug-likeness (QED) is 0.896. The number of carbonyl (C=O) groups excluding carboxylic acids is 1. The molecule has 2 aliphatic rings. The number of nitrogens with zero attached hydrogens (tertiary/aromatic N) is 2. The van der Waals surface area contributed by atoms with Gasteiger partial charge in [-0.05, 0) is 42.7 Å². The van der Waals surface area contributed by atoms with E-state index in [1.807, 2.05) is 18.2 Å². The summed E-state index contributed by atoms with van der Waals surface area (Å²) in [6, 6.07) is 10.2. The molecule has 1 aliphatic heterocycles. The molecule has 0 radical (unpaired) electrons. The monoisotopic (exact) mass is 369 g/mol. The van der Waals surface area contributed by atoms with E-state index in [4.69, 9.17) is 4.74 Å². The molecular weight excluding hydrogens is 345 g/mol. The number of aromatic nitrogens is 1. The first kappa shape index (κ1) is 17.9. The molecule has 0 bridgehead atoms. The van der Waals surface area contributed by atoms with Crippen molar-refractivity contribution >= 4 is 17.4 Å². The summed E-state index contributed by atoms with van der Waals surface area (Å²) in [5.74, 6) is 0.122. The van der Waals surface area contributed by atoms with Gasteiger partial charge in [0, 0.05) is 13.1 Å². The minimum atomic E-state index is -0.674. The maximum absolute atomic E-state index is 13.7. The SMILES string of the molecule is O=C(Nc1ccc(N2CCOCC2)cn1)C1(c2cccc(F)c2)CCCC1. The van der Waals surface area contributed by atoms with E-state index in [9.17, 15) is 9.18 Å². The van der Waals surface area contributed by atoms with Gasteiger partial charge in [-0.2, -0.15) is 0 Å². The molecule has 1 saturated carbocycles. The number of morpholine rings is 1. The van der Waals surface area contributed by atoms with Crippen LogP contribution in [0.1, 0.15) is 31.2 Å². The van der Waals surface area contributed by atoms with Gasteiger partial charge >= 0.3 is 0 Å². The summed E-state index contributed by atoms with van der Waals surface area (Å²) >= 11 is 0. The van der Waals surface area contributed by atoms with E-state index in [1.54, 1.807) is 12.3 Å². The number of ether oxygens (including phenoxy) is 1. The fraction of sp³-hybridized carbons (Fsp3) is 0.429. The van der Waals surface area contributed by atoms with Gasteiger partial charge < -0.3 is 15.0 Å². The van der Waals surface area contributed by atoms with Crippen LogP contribution >= 0.6 is 0 Å². The molecular formula is C21H24FN3O2. The first-order valence-electron chi connectivity index (χ1n) is 9.54. The number of hydrogen-bond acceptors (Lipinski definition) is 4. The largest absolute Gasteiger partial charge is 0.378 e. The Kier molecular flexibility index (Phi) is 5.07. The van der Waals surface area contributed by atoms with Gasteiger partial charge in [0.15, 0.2) is 0 Å². The van der Waals surface area contributed by atoms with Crippen LogP contribution in [0.25, 0.3) is 0 Å². The number of pyridine rings is 1. The van der Waals surface area contributed by atoms with Crippen molar-refractivity contribution in [2.45, 2.75) is 31.1 Å². The lowest BCUT2D eigenvalue weighted by atomic mass is 9.78. The van der Waals surface area contributed by atoms with Crippen molar-refractivity contribution in [2.24, 2.45) is 0 Å². The van der Waals surface area contributed by atoms with E-state index in [0.717, 1.165) is 50.0 Å². The lowest BCUT2D eigenvalue weighted by molar-refractivity contribution is -0.121. The van der Waals surface area contributed by atoms with Crippen LogP contribution < -0.4 is 10.2 Å². The molecule has 4 rings (SSSR count). The third-order valence-corrected chi connectivity index (χ3v) is 5.63. The van der Waals surface area contributed by atoms with Gasteiger partial charge in [0.2, 0.25) is 5.91 Å². The first-order valence-corrected chi connectivity index (χ1v) is 9.54. The second kappa shape index (κ2) is 7.64. The van der Waals surface area contributed by atoms with Crippen LogP contribution in [0.4, 0.5) is 15.9 Å². The van der Waals surface area contributed by atoms with Gasteiger partial charge in [-0.25, -0.2) is 9.37 Å². The van der Waals surface area contributed by atoms with Gasteiger partial charge in [-0.15, -0.1) is 0 Å². The molecule has 6 heteroatoms. The van der Waals surface area contributed by atoms with Crippen LogP contribution in [0.3, 0.4) is 0 Å². The van der Waals surface area contributed by atoms with Crippen LogP contribution in [0.2, 0.25) is 0 Å². The Morgan fingerprint density at radius 1 is 1.15 bits per heavy atom. The van der Waals surface area contributed by atoms with E-state index < -0.39 is 5.41 Å². The van der Waals surface area contributed by atoms with Crippen molar-refractivity contribution in [3.05, 3.63) is 54.0 Å². The van der Waals surface area contributed by atoms with Crippen molar-refractivity contribution in [3.8, 4) is 0 Å². The maximum atomic E-state index is 13.7. The normalized spacial score (nSPS) is 19.1. The second-order valence-electron chi connectivity index (χ2n) is 7.25. The molecule has 1 N–H and O–H groups in total. The highest BCUT2D eigenvalue weighted by atomic mass is 19.1. The van der Waals surface area contributed by atoms with E-state index in [-0.39, 0.29) is 11.7 Å². The van der Waals surface area contributed by atoms with Gasteiger partial charge in [0.25, 0.3) is 0 Å². The van der Waals surface area contributed by atoms with Crippen molar-refractivity contribution in [2.75, 3.05) is 36.5 Å². The average Bonchev–Trinajstić information content (AvgIpc) is 3.21. The molecule has 27 heavy (non-hydrogen) atoms. The Hall–Kier alpha value is -2.47. The Morgan fingerprint density at radius 3 is 2.59 bits per heavy atom. The van der Waals surface area contributed by atoms with Crippen LogP contribution in [0.5, 0.6) is 0 Å². The fourth-order valence-electron chi connectivity index (χ4n) is 4.12. The molecule has 0 atom stereocenters. The fourth-order valence-corrected chi connectivity index (χ4v) is 4.12. The first-order chi connectivity index (χ1) is 13.2. The van der Waals surface area contributed by atoms with Crippen LogP contribution in [0.15, 0.2) is 42.6 Å². The van der Waals surface area contributed by atoms with E-state index >= 15 is 0 Å². The molecule has 1 aliphatic carbocycles. The van der Waals surface area contributed by atoms with Crippen molar-refractivity contribution < 1.29 is 13.9 Å². The summed E-state index contributed by atoms with van der Waals surface area (Å²) in [4.78, 5) is 19.8. The van der Waals surface area contributed by atoms with Crippen molar-refractivity contribution in [1.29, 1.82) is 0 Å². The zero-order chi connectivity index (χ0) is 18.7. The number of halogens is 1. The lowest BCUT2D eigenvalue weighted by Crippen LogP contribution is -2.38. The zero-order valence-electron chi connectivity index (χ0n) is 15.3. The summed E-state index contributed by atoms with van der Waals surface area (Å²) < 4.78 is 19.1. The average molecular weight is 369 g/mol. The summed E-state index contributed by atoms with van der Waals surface area (Å²) in [6.07, 6.45) is 5.17. The highest BCUT2D eigenvalue weighted by molar-refractivity contribution is 5.98. The van der Waals surface area contributed by atoms with Crippen LogP contribution in [0, 0.1) is 5.82 Å². The van der Waals surface area contributed by atoms with E-state index in [1.165, 1.54) is 12.1 Å². The smallest absolute Gasteiger partial charge is 0.236 e. The van der Waals surface area contributed by atoms with Crippen molar-refractivity contribution in [1.82, 2.24) is 4.98 Å². The topological polar surface area (TPSA) is 54.5 Å². The van der Waals surface area contributed by atoms with E-state index in [2.05, 4.69) is 15.2 Å². The van der Waals surface area contributed by atoms with Gasteiger partial charge in [0.1, 0.15) is 11.6 Å². The third kappa shape index (κ3) is 3.67. The summed E-state index contributed by atoms with van der Waals surface area (Å²) in [6.45, 7) is 3.12. The molecule has 1 aromatic heterocycles. The Balaban J connectivity index is 1.51. The molecule has 2 fully saturated rings. The molecule has 2 heterocycles. The molecule has 1 amide bonds. The Labute approximate surface area is 158 Å². The second-order valence-corrected chi connectivity index (χ2v) is 7.25. The summed E-state index contributed by atoms with van der Waals surface area (Å²) in [5.41, 5.74) is 1.10. The standard InChI is InChI=1S/C21H24FN3O2/c22-17-5-3-4-16(14-17)21(8-1-2-9-21)20(26)24-19-7-6-18(15-23-19)25-10-12-27-13-11-25/h3-7,14-15H,1-2,8-13H2,(H,23,24,26). The number of hydrogen-bond donors (Lipinski definition) is 1. The highest BCUT2D eigenvalue weighted by Crippen LogP contribution is 2.42. The minimum absolute atomic E-state index is 0.0998. The predicted octanol–water partition coefficient (Wildman–Crippen LogP) is 3.51. The maximum Gasteiger partial charge on any atom is 0.236 e. The minimum Gasteiger partial charge on any atom is -0.378 e. The summed E-state index contributed by atoms with van der Waals surface area (Å²) in [5, 5.41) is 2.96. The van der Waals surface area contributed by atoms with E-state index in [0.29, 0.717) is 19.0 Å². The van der Waals surface area contributed by atoms with Gasteiger partial charge in [-0.1, -0.05) is 25.0 Å². The number of amides is 1. The Morgan fingerprint density at radius 2 is 1.93 bits per heavy atom. The predicted molar refractivity (Wildman–Crippen MR) is 102 cm³/mol. The molecule has 1 saturated heterocycles. The molecule has 2 aromatic rings. The zero-order valence-corrected chi connectivity index (χ0v) is 15.3. The Bertz CT molecular complexity index is 797. The number of rotatable bonds is 4. The van der Waals surface area contributed by atoms with Crippen molar-refractivity contribution in [3.63, 3.8) is 0 Å². The molecule has 142 valence electrons. The highest BCUT2D eigenvalue weighted by Gasteiger charge is 2.43. The molecule has 1 aromatic carbocycles. The van der Waals surface area contributed by atoms with Crippen LogP contribution in [-0.4, -0.2) is 37.2 Å². The molecule has 0 spiro atoms.